The van der Waals surface area contributed by atoms with Gasteiger partial charge in [0, 0.05) is 40.2 Å². The number of aromatic nitrogens is 3. The Bertz CT molecular complexity index is 2870. The first-order chi connectivity index (χ1) is 26.8. The van der Waals surface area contributed by atoms with Gasteiger partial charge in [0.1, 0.15) is 11.5 Å². The van der Waals surface area contributed by atoms with Crippen LogP contribution in [0.5, 0.6) is 11.5 Å². The Morgan fingerprint density at radius 2 is 1.04 bits per heavy atom. The molecule has 2 aliphatic rings. The summed E-state index contributed by atoms with van der Waals surface area (Å²) < 4.78 is 6.65. The lowest BCUT2D eigenvalue weighted by Gasteiger charge is -2.39. The molecule has 9 aromatic rings. The van der Waals surface area contributed by atoms with Gasteiger partial charge in [-0.1, -0.05) is 140 Å². The summed E-state index contributed by atoms with van der Waals surface area (Å²) in [5.41, 5.74) is 13.4. The van der Waals surface area contributed by atoms with Crippen molar-refractivity contribution in [1.82, 2.24) is 15.0 Å². The Balaban J connectivity index is 1.19. The minimum Gasteiger partial charge on any atom is -0.457 e. The lowest BCUT2D eigenvalue weighted by molar-refractivity contribution is 0.436. The molecule has 0 fully saturated rings. The van der Waals surface area contributed by atoms with Gasteiger partial charge in [0.05, 0.1) is 16.8 Å². The van der Waals surface area contributed by atoms with Crippen molar-refractivity contribution in [2.75, 3.05) is 0 Å². The smallest absolute Gasteiger partial charge is 0.160 e. The van der Waals surface area contributed by atoms with Crippen molar-refractivity contribution < 1.29 is 4.74 Å². The van der Waals surface area contributed by atoms with Gasteiger partial charge in [-0.3, -0.25) is 4.98 Å². The van der Waals surface area contributed by atoms with Crippen molar-refractivity contribution in [1.29, 1.82) is 0 Å². The molecule has 54 heavy (non-hydrogen) atoms. The number of rotatable bonds is 4. The fraction of sp³-hybridized carbons (Fsp3) is 0.0200. The first-order valence-electron chi connectivity index (χ1n) is 18.3. The van der Waals surface area contributed by atoms with Crippen LogP contribution in [0.3, 0.4) is 0 Å². The number of para-hydroxylation sites is 2. The molecule has 1 spiro atoms. The minimum absolute atomic E-state index is 0.653. The van der Waals surface area contributed by atoms with Crippen molar-refractivity contribution in [2.24, 2.45) is 0 Å². The van der Waals surface area contributed by atoms with Crippen LogP contribution < -0.4 is 4.74 Å². The van der Waals surface area contributed by atoms with E-state index in [2.05, 4.69) is 169 Å². The molecule has 0 amide bonds. The van der Waals surface area contributed by atoms with Crippen LogP contribution in [0.2, 0.25) is 0 Å². The third kappa shape index (κ3) is 4.53. The molecule has 1 aliphatic heterocycles. The van der Waals surface area contributed by atoms with Crippen LogP contribution >= 0.6 is 0 Å². The Labute approximate surface area is 313 Å². The molecular weight excluding hydrogens is 659 g/mol. The molecule has 0 atom stereocenters. The largest absolute Gasteiger partial charge is 0.457 e. The zero-order valence-electron chi connectivity index (χ0n) is 29.1. The molecule has 1 aliphatic carbocycles. The quantitative estimate of drug-likeness (QED) is 0.185. The molecule has 4 nitrogen and oxygen atoms in total. The number of hydrogen-bond donors (Lipinski definition) is 0. The Kier molecular flexibility index (Phi) is 6.73. The molecule has 3 heterocycles. The average Bonchev–Trinajstić information content (AvgIpc) is 3.53. The zero-order valence-corrected chi connectivity index (χ0v) is 29.1. The van der Waals surface area contributed by atoms with Gasteiger partial charge in [0.15, 0.2) is 5.82 Å². The van der Waals surface area contributed by atoms with E-state index in [-0.39, 0.29) is 0 Å². The first kappa shape index (κ1) is 30.5. The summed E-state index contributed by atoms with van der Waals surface area (Å²) in [7, 11) is 0. The molecule has 7 aromatic carbocycles. The highest BCUT2D eigenvalue weighted by Crippen LogP contribution is 2.62. The van der Waals surface area contributed by atoms with Gasteiger partial charge in [0.25, 0.3) is 0 Å². The molecular formula is C50H31N3O. The molecule has 0 N–H and O–H groups in total. The fourth-order valence-electron chi connectivity index (χ4n) is 8.67. The summed E-state index contributed by atoms with van der Waals surface area (Å²) in [5, 5.41) is 2.34. The van der Waals surface area contributed by atoms with Gasteiger partial charge in [-0.2, -0.15) is 0 Å². The number of pyridine rings is 1. The van der Waals surface area contributed by atoms with E-state index >= 15 is 0 Å². The highest BCUT2D eigenvalue weighted by atomic mass is 16.5. The number of benzene rings is 7. The SMILES string of the molecule is c1ccc(-c2cc(-c3cccc4ccccc34)nc(-c3ccc4c(c3)C3(c5ccccc5Oc5ccccc53)c3cc(-c5cccnc5)ccc3-4)n2)cc1. The van der Waals surface area contributed by atoms with Crippen molar-refractivity contribution in [2.45, 2.75) is 5.41 Å². The zero-order chi connectivity index (χ0) is 35.6. The summed E-state index contributed by atoms with van der Waals surface area (Å²) in [6.07, 6.45) is 3.76. The van der Waals surface area contributed by atoms with Gasteiger partial charge in [0.2, 0.25) is 0 Å². The van der Waals surface area contributed by atoms with Crippen LogP contribution in [-0.2, 0) is 5.41 Å². The fourth-order valence-corrected chi connectivity index (χ4v) is 8.67. The Morgan fingerprint density at radius 1 is 0.407 bits per heavy atom. The normalized spacial score (nSPS) is 13.1. The van der Waals surface area contributed by atoms with Crippen molar-refractivity contribution in [3.63, 3.8) is 0 Å². The van der Waals surface area contributed by atoms with E-state index in [0.717, 1.165) is 67.2 Å². The van der Waals surface area contributed by atoms with Crippen molar-refractivity contribution >= 4 is 10.8 Å². The molecule has 0 radical (unpaired) electrons. The summed E-state index contributed by atoms with van der Waals surface area (Å²) >= 11 is 0. The molecule has 11 rings (SSSR count). The lowest BCUT2D eigenvalue weighted by Crippen LogP contribution is -2.32. The van der Waals surface area contributed by atoms with Crippen LogP contribution in [0.1, 0.15) is 22.3 Å². The predicted octanol–water partition coefficient (Wildman–Crippen LogP) is 12.2. The van der Waals surface area contributed by atoms with E-state index in [1.807, 2.05) is 24.5 Å². The second-order valence-electron chi connectivity index (χ2n) is 14.0. The van der Waals surface area contributed by atoms with Crippen LogP contribution in [0.15, 0.2) is 188 Å². The second-order valence-corrected chi connectivity index (χ2v) is 14.0. The standard InChI is InChI=1S/C50H31N3O/c1-2-13-33(14-3-1)45-30-46(40-18-10-15-32-12-4-5-17-37(32)40)53-49(52-45)35-24-26-39-38-25-23-34(36-16-11-27-51-31-36)28-43(38)50(44(39)29-35)41-19-6-8-21-47(41)54-48-22-9-7-20-42(48)50/h1-31H. The molecule has 252 valence electrons. The monoisotopic (exact) mass is 689 g/mol. The molecule has 0 saturated carbocycles. The van der Waals surface area contributed by atoms with Crippen LogP contribution in [0.25, 0.3) is 66.9 Å². The summed E-state index contributed by atoms with van der Waals surface area (Å²) in [6, 6.07) is 62.1. The van der Waals surface area contributed by atoms with Crippen molar-refractivity contribution in [3.8, 4) is 67.7 Å². The average molecular weight is 690 g/mol. The first-order valence-corrected chi connectivity index (χ1v) is 18.3. The summed E-state index contributed by atoms with van der Waals surface area (Å²) in [5.74, 6) is 2.39. The van der Waals surface area contributed by atoms with E-state index in [1.165, 1.54) is 27.6 Å². The van der Waals surface area contributed by atoms with E-state index in [9.17, 15) is 0 Å². The van der Waals surface area contributed by atoms with Gasteiger partial charge in [-0.05, 0) is 80.6 Å². The maximum absolute atomic E-state index is 6.65. The Morgan fingerprint density at radius 3 is 1.80 bits per heavy atom. The number of fused-ring (bicyclic) bond motifs is 10. The summed E-state index contributed by atoms with van der Waals surface area (Å²) in [6.45, 7) is 0. The van der Waals surface area contributed by atoms with Gasteiger partial charge in [-0.15, -0.1) is 0 Å². The molecule has 0 bridgehead atoms. The van der Waals surface area contributed by atoms with E-state index in [4.69, 9.17) is 14.7 Å². The maximum Gasteiger partial charge on any atom is 0.160 e. The lowest BCUT2D eigenvalue weighted by atomic mass is 9.65. The highest BCUT2D eigenvalue weighted by Gasteiger charge is 2.51. The van der Waals surface area contributed by atoms with Gasteiger partial charge in [-0.25, -0.2) is 9.97 Å². The summed E-state index contributed by atoms with van der Waals surface area (Å²) in [4.78, 5) is 15.1. The van der Waals surface area contributed by atoms with E-state index < -0.39 is 5.41 Å². The minimum atomic E-state index is -0.653. The molecule has 0 saturated heterocycles. The number of hydrogen-bond acceptors (Lipinski definition) is 4. The number of nitrogens with zero attached hydrogens (tertiary/aromatic N) is 3. The van der Waals surface area contributed by atoms with Crippen LogP contribution in [0.4, 0.5) is 0 Å². The maximum atomic E-state index is 6.65. The van der Waals surface area contributed by atoms with Gasteiger partial charge < -0.3 is 4.74 Å². The number of ether oxygens (including phenoxy) is 1. The Hall–Kier alpha value is -7.17. The van der Waals surface area contributed by atoms with E-state index in [1.54, 1.807) is 0 Å². The van der Waals surface area contributed by atoms with E-state index in [0.29, 0.717) is 5.82 Å². The predicted molar refractivity (Wildman–Crippen MR) is 216 cm³/mol. The molecule has 4 heteroatoms. The van der Waals surface area contributed by atoms with Crippen molar-refractivity contribution in [3.05, 3.63) is 211 Å². The third-order valence-corrected chi connectivity index (χ3v) is 11.1. The topological polar surface area (TPSA) is 47.9 Å². The molecule has 2 aromatic heterocycles. The molecule has 0 unspecified atom stereocenters. The van der Waals surface area contributed by atoms with Crippen LogP contribution in [0, 0.1) is 0 Å². The second kappa shape index (κ2) is 11.9. The van der Waals surface area contributed by atoms with Crippen LogP contribution in [-0.4, -0.2) is 15.0 Å². The highest BCUT2D eigenvalue weighted by molar-refractivity contribution is 5.97. The third-order valence-electron chi connectivity index (χ3n) is 11.1. The van der Waals surface area contributed by atoms with Gasteiger partial charge >= 0.3 is 0 Å².